The van der Waals surface area contributed by atoms with Crippen molar-refractivity contribution in [3.8, 4) is 0 Å². The van der Waals surface area contributed by atoms with E-state index in [-0.39, 0.29) is 5.56 Å². The number of H-pyrrole nitrogens is 1. The third-order valence-corrected chi connectivity index (χ3v) is 2.41. The van der Waals surface area contributed by atoms with Gasteiger partial charge in [0.1, 0.15) is 0 Å². The first-order chi connectivity index (χ1) is 5.77. The maximum Gasteiger partial charge on any atom is 0.266 e. The fourth-order valence-electron chi connectivity index (χ4n) is 1.64. The lowest BCUT2D eigenvalue weighted by Gasteiger charge is -2.03. The average Bonchev–Trinajstić information content (AvgIpc) is 2.61. The largest absolute Gasteiger partial charge is 0.316 e. The molecule has 4 heteroatoms. The lowest BCUT2D eigenvalue weighted by Crippen LogP contribution is -2.10. The minimum atomic E-state index is 0.0527. The van der Waals surface area contributed by atoms with Crippen molar-refractivity contribution in [2.24, 2.45) is 7.05 Å². The molecule has 12 heavy (non-hydrogen) atoms. The first-order valence-electron chi connectivity index (χ1n) is 4.24. The monoisotopic (exact) mass is 167 g/mol. The molecule has 1 unspecified atom stereocenters. The van der Waals surface area contributed by atoms with Gasteiger partial charge in [0.05, 0.1) is 0 Å². The van der Waals surface area contributed by atoms with E-state index in [9.17, 15) is 4.79 Å². The molecule has 0 amide bonds. The van der Waals surface area contributed by atoms with E-state index in [4.69, 9.17) is 0 Å². The fourth-order valence-corrected chi connectivity index (χ4v) is 1.64. The van der Waals surface area contributed by atoms with E-state index >= 15 is 0 Å². The molecule has 2 rings (SSSR count). The number of aromatic amines is 1. The predicted octanol–water partition coefficient (Wildman–Crippen LogP) is -0.210. The van der Waals surface area contributed by atoms with E-state index in [1.165, 1.54) is 4.68 Å². The summed E-state index contributed by atoms with van der Waals surface area (Å²) < 4.78 is 1.52. The number of aryl methyl sites for hydroxylation is 1. The maximum atomic E-state index is 11.1. The second-order valence-corrected chi connectivity index (χ2v) is 3.30. The van der Waals surface area contributed by atoms with Gasteiger partial charge in [-0.25, -0.2) is 0 Å². The highest BCUT2D eigenvalue weighted by molar-refractivity contribution is 5.09. The van der Waals surface area contributed by atoms with Crippen molar-refractivity contribution in [2.75, 3.05) is 13.1 Å². The quantitative estimate of drug-likeness (QED) is 0.608. The molecule has 1 aliphatic heterocycles. The van der Waals surface area contributed by atoms with E-state index < -0.39 is 0 Å². The topological polar surface area (TPSA) is 49.8 Å². The van der Waals surface area contributed by atoms with Gasteiger partial charge < -0.3 is 5.32 Å². The van der Waals surface area contributed by atoms with Crippen LogP contribution in [0.4, 0.5) is 0 Å². The summed E-state index contributed by atoms with van der Waals surface area (Å²) in [7, 11) is 1.74. The second-order valence-electron chi connectivity index (χ2n) is 3.30. The Hall–Kier alpha value is -1.03. The van der Waals surface area contributed by atoms with Crippen LogP contribution < -0.4 is 10.9 Å². The number of hydrogen-bond acceptors (Lipinski definition) is 2. The summed E-state index contributed by atoms with van der Waals surface area (Å²) in [6.07, 6.45) is 1.12. The summed E-state index contributed by atoms with van der Waals surface area (Å²) in [6.45, 7) is 2.04. The Balaban J connectivity index is 2.27. The minimum Gasteiger partial charge on any atom is -0.316 e. The third kappa shape index (κ3) is 1.18. The Morgan fingerprint density at radius 1 is 1.67 bits per heavy atom. The fraction of sp³-hybridized carbons (Fsp3) is 0.625. The molecule has 0 aliphatic carbocycles. The molecule has 66 valence electrons. The molecule has 4 nitrogen and oxygen atoms in total. The number of rotatable bonds is 1. The van der Waals surface area contributed by atoms with Crippen LogP contribution >= 0.6 is 0 Å². The lowest BCUT2D eigenvalue weighted by molar-refractivity contribution is 0.671. The Morgan fingerprint density at radius 2 is 2.50 bits per heavy atom. The van der Waals surface area contributed by atoms with Gasteiger partial charge in [-0.3, -0.25) is 14.6 Å². The molecular weight excluding hydrogens is 154 g/mol. The number of hydrogen-bond donors (Lipinski definition) is 2. The van der Waals surface area contributed by atoms with Crippen molar-refractivity contribution in [2.45, 2.75) is 12.3 Å². The average molecular weight is 167 g/mol. The zero-order chi connectivity index (χ0) is 8.55. The summed E-state index contributed by atoms with van der Waals surface area (Å²) >= 11 is 0. The van der Waals surface area contributed by atoms with Gasteiger partial charge in [-0.05, 0) is 13.0 Å². The molecule has 0 spiro atoms. The van der Waals surface area contributed by atoms with Crippen LogP contribution in [0.3, 0.4) is 0 Å². The zero-order valence-electron chi connectivity index (χ0n) is 7.13. The molecule has 2 heterocycles. The molecule has 1 saturated heterocycles. The zero-order valence-corrected chi connectivity index (χ0v) is 7.13. The van der Waals surface area contributed by atoms with Crippen molar-refractivity contribution in [1.82, 2.24) is 15.1 Å². The number of nitrogens with zero attached hydrogens (tertiary/aromatic N) is 1. The van der Waals surface area contributed by atoms with Gasteiger partial charge in [-0.1, -0.05) is 0 Å². The third-order valence-electron chi connectivity index (χ3n) is 2.41. The first kappa shape index (κ1) is 7.61. The molecule has 0 radical (unpaired) electrons. The molecule has 0 saturated carbocycles. The summed E-state index contributed by atoms with van der Waals surface area (Å²) in [6, 6.07) is 1.69. The van der Waals surface area contributed by atoms with Crippen LogP contribution in [0.15, 0.2) is 10.9 Å². The maximum absolute atomic E-state index is 11.1. The highest BCUT2D eigenvalue weighted by Gasteiger charge is 2.18. The van der Waals surface area contributed by atoms with Crippen molar-refractivity contribution in [1.29, 1.82) is 0 Å². The molecule has 2 N–H and O–H groups in total. The highest BCUT2D eigenvalue weighted by Crippen LogP contribution is 2.18. The van der Waals surface area contributed by atoms with Gasteiger partial charge in [-0.2, -0.15) is 0 Å². The van der Waals surface area contributed by atoms with Gasteiger partial charge in [0.25, 0.3) is 5.56 Å². The lowest BCUT2D eigenvalue weighted by atomic mass is 10.1. The molecule has 1 aliphatic rings. The molecule has 0 aromatic carbocycles. The van der Waals surface area contributed by atoms with Gasteiger partial charge >= 0.3 is 0 Å². The minimum absolute atomic E-state index is 0.0527. The van der Waals surface area contributed by atoms with Crippen molar-refractivity contribution >= 4 is 0 Å². The summed E-state index contributed by atoms with van der Waals surface area (Å²) in [5.74, 6) is 0.499. The van der Waals surface area contributed by atoms with Crippen LogP contribution in [0, 0.1) is 0 Å². The van der Waals surface area contributed by atoms with E-state index in [2.05, 4.69) is 10.4 Å². The normalized spacial score (nSPS) is 23.2. The van der Waals surface area contributed by atoms with E-state index in [0.717, 1.165) is 25.2 Å². The molecule has 1 atom stereocenters. The predicted molar refractivity (Wildman–Crippen MR) is 46.3 cm³/mol. The van der Waals surface area contributed by atoms with Crippen LogP contribution in [0.2, 0.25) is 0 Å². The summed E-state index contributed by atoms with van der Waals surface area (Å²) in [5, 5.41) is 6.32. The van der Waals surface area contributed by atoms with E-state index in [1.54, 1.807) is 13.1 Å². The van der Waals surface area contributed by atoms with Crippen molar-refractivity contribution in [3.05, 3.63) is 22.1 Å². The Morgan fingerprint density at radius 3 is 3.00 bits per heavy atom. The Bertz CT molecular complexity index is 319. The smallest absolute Gasteiger partial charge is 0.266 e. The second kappa shape index (κ2) is 2.79. The van der Waals surface area contributed by atoms with Crippen LogP contribution in [0.25, 0.3) is 0 Å². The highest BCUT2D eigenvalue weighted by atomic mass is 16.1. The van der Waals surface area contributed by atoms with Crippen LogP contribution in [0.5, 0.6) is 0 Å². The van der Waals surface area contributed by atoms with E-state index in [1.807, 2.05) is 0 Å². The van der Waals surface area contributed by atoms with Gasteiger partial charge in [-0.15, -0.1) is 0 Å². The molecular formula is C8H13N3O. The summed E-state index contributed by atoms with van der Waals surface area (Å²) in [5.41, 5.74) is 1.12. The molecule has 1 aromatic rings. The Labute approximate surface area is 70.6 Å². The van der Waals surface area contributed by atoms with Crippen molar-refractivity contribution in [3.63, 3.8) is 0 Å². The molecule has 1 aromatic heterocycles. The standard InChI is InChI=1S/C8H13N3O/c1-11-8(12)4-7(10-11)6-2-3-9-5-6/h4,6,9-10H,2-3,5H2,1H3. The van der Waals surface area contributed by atoms with Crippen molar-refractivity contribution < 1.29 is 0 Å². The Kier molecular flexibility index (Phi) is 1.77. The van der Waals surface area contributed by atoms with E-state index in [0.29, 0.717) is 5.92 Å². The first-order valence-corrected chi connectivity index (χ1v) is 4.24. The van der Waals surface area contributed by atoms with Gasteiger partial charge in [0, 0.05) is 31.3 Å². The number of aromatic nitrogens is 2. The number of nitrogens with one attached hydrogen (secondary N) is 2. The SMILES string of the molecule is Cn1[nH]c(C2CCNC2)cc1=O. The van der Waals surface area contributed by atoms with Crippen LogP contribution in [0.1, 0.15) is 18.0 Å². The summed E-state index contributed by atoms with van der Waals surface area (Å²) in [4.78, 5) is 11.1. The van der Waals surface area contributed by atoms with Crippen LogP contribution in [-0.4, -0.2) is 22.9 Å². The molecule has 1 fully saturated rings. The molecule has 0 bridgehead atoms. The van der Waals surface area contributed by atoms with Crippen LogP contribution in [-0.2, 0) is 7.05 Å². The van der Waals surface area contributed by atoms with Gasteiger partial charge in [0.2, 0.25) is 0 Å². The van der Waals surface area contributed by atoms with Gasteiger partial charge in [0.15, 0.2) is 0 Å².